The normalized spacial score (nSPS) is 10.4. The van der Waals surface area contributed by atoms with Gasteiger partial charge in [0.05, 0.1) is 19.7 Å². The van der Waals surface area contributed by atoms with E-state index in [1.807, 2.05) is 0 Å². The Balaban J connectivity index is 3.07. The quantitative estimate of drug-likeness (QED) is 0.778. The minimum absolute atomic E-state index is 0.146. The molecular formula is C9H9F2NO3. The van der Waals surface area contributed by atoms with Gasteiger partial charge in [0, 0.05) is 17.3 Å². The largest absolute Gasteiger partial charge is 0.506 e. The third-order valence-electron chi connectivity index (χ3n) is 1.85. The van der Waals surface area contributed by atoms with Crippen molar-refractivity contribution in [2.24, 2.45) is 0 Å². The van der Waals surface area contributed by atoms with Crippen molar-refractivity contribution in [3.05, 3.63) is 23.5 Å². The van der Waals surface area contributed by atoms with Crippen LogP contribution < -0.4 is 0 Å². The Bertz CT molecular complexity index is 368. The second-order valence-corrected chi connectivity index (χ2v) is 2.78. The maximum absolute atomic E-state index is 12.5. The monoisotopic (exact) mass is 217 g/mol. The van der Waals surface area contributed by atoms with E-state index < -0.39 is 30.1 Å². The molecule has 0 aliphatic rings. The highest BCUT2D eigenvalue weighted by atomic mass is 19.3. The molecule has 6 heteroatoms. The summed E-state index contributed by atoms with van der Waals surface area (Å²) in [7, 11) is 1.14. The summed E-state index contributed by atoms with van der Waals surface area (Å²) in [5.74, 6) is -1.13. The van der Waals surface area contributed by atoms with Crippen molar-refractivity contribution >= 4 is 5.97 Å². The van der Waals surface area contributed by atoms with Crippen molar-refractivity contribution in [1.29, 1.82) is 0 Å². The van der Waals surface area contributed by atoms with Crippen LogP contribution in [0.15, 0.2) is 12.4 Å². The lowest BCUT2D eigenvalue weighted by atomic mass is 10.1. The maximum Gasteiger partial charge on any atom is 0.310 e. The Kier molecular flexibility index (Phi) is 3.54. The Morgan fingerprint density at radius 1 is 1.60 bits per heavy atom. The van der Waals surface area contributed by atoms with Crippen molar-refractivity contribution in [2.75, 3.05) is 7.11 Å². The van der Waals surface area contributed by atoms with Gasteiger partial charge in [0.25, 0.3) is 6.43 Å². The van der Waals surface area contributed by atoms with Crippen LogP contribution in [-0.2, 0) is 16.0 Å². The molecular weight excluding hydrogens is 208 g/mol. The number of aromatic nitrogens is 1. The summed E-state index contributed by atoms with van der Waals surface area (Å²) in [6.07, 6.45) is -1.26. The molecule has 1 rings (SSSR count). The number of aromatic hydroxyl groups is 1. The van der Waals surface area contributed by atoms with Crippen LogP contribution in [0.5, 0.6) is 5.75 Å². The van der Waals surface area contributed by atoms with Crippen molar-refractivity contribution in [3.63, 3.8) is 0 Å². The molecule has 0 atom stereocenters. The first kappa shape index (κ1) is 11.4. The summed E-state index contributed by atoms with van der Waals surface area (Å²) >= 11 is 0. The van der Waals surface area contributed by atoms with Gasteiger partial charge in [-0.15, -0.1) is 0 Å². The van der Waals surface area contributed by atoms with Crippen LogP contribution in [0.25, 0.3) is 0 Å². The van der Waals surface area contributed by atoms with Gasteiger partial charge in [0.2, 0.25) is 0 Å². The average molecular weight is 217 g/mol. The molecule has 1 aromatic heterocycles. The molecule has 4 nitrogen and oxygen atoms in total. The fourth-order valence-corrected chi connectivity index (χ4v) is 1.09. The third kappa shape index (κ3) is 2.61. The van der Waals surface area contributed by atoms with Gasteiger partial charge in [-0.05, 0) is 0 Å². The van der Waals surface area contributed by atoms with E-state index in [4.69, 9.17) is 0 Å². The minimum Gasteiger partial charge on any atom is -0.506 e. The van der Waals surface area contributed by atoms with E-state index in [2.05, 4.69) is 9.72 Å². The number of alkyl halides is 2. The predicted octanol–water partition coefficient (Wildman–Crippen LogP) is 1.44. The fourth-order valence-electron chi connectivity index (χ4n) is 1.09. The molecule has 0 aliphatic heterocycles. The van der Waals surface area contributed by atoms with Gasteiger partial charge >= 0.3 is 5.97 Å². The Labute approximate surface area is 84.5 Å². The van der Waals surface area contributed by atoms with Gasteiger partial charge < -0.3 is 9.84 Å². The number of ether oxygens (including phenoxy) is 1. The highest BCUT2D eigenvalue weighted by molar-refractivity contribution is 5.73. The van der Waals surface area contributed by atoms with Crippen molar-refractivity contribution in [3.8, 4) is 5.75 Å². The number of hydrogen-bond donors (Lipinski definition) is 1. The lowest BCUT2D eigenvalue weighted by molar-refractivity contribution is -0.139. The topological polar surface area (TPSA) is 59.4 Å². The van der Waals surface area contributed by atoms with Crippen LogP contribution in [0.1, 0.15) is 17.6 Å². The summed E-state index contributed by atoms with van der Waals surface area (Å²) in [5.41, 5.74) is -0.604. The van der Waals surface area contributed by atoms with Crippen LogP contribution >= 0.6 is 0 Å². The molecule has 82 valence electrons. The van der Waals surface area contributed by atoms with Gasteiger partial charge in [0.1, 0.15) is 5.75 Å². The zero-order valence-electron chi connectivity index (χ0n) is 7.91. The first-order chi connectivity index (χ1) is 7.06. The summed E-state index contributed by atoms with van der Waals surface area (Å²) in [5, 5.41) is 9.28. The Morgan fingerprint density at radius 3 is 2.80 bits per heavy atom. The average Bonchev–Trinajstić information content (AvgIpc) is 2.20. The van der Waals surface area contributed by atoms with E-state index >= 15 is 0 Å². The number of pyridine rings is 1. The molecule has 0 saturated heterocycles. The van der Waals surface area contributed by atoms with E-state index in [9.17, 15) is 18.7 Å². The zero-order valence-corrected chi connectivity index (χ0v) is 7.91. The number of esters is 1. The van der Waals surface area contributed by atoms with Crippen molar-refractivity contribution in [1.82, 2.24) is 4.98 Å². The lowest BCUT2D eigenvalue weighted by Crippen LogP contribution is -2.07. The van der Waals surface area contributed by atoms with E-state index in [0.29, 0.717) is 0 Å². The summed E-state index contributed by atoms with van der Waals surface area (Å²) in [6, 6.07) is 0. The molecule has 0 bridgehead atoms. The lowest BCUT2D eigenvalue weighted by Gasteiger charge is -2.08. The number of rotatable bonds is 3. The number of methoxy groups -OCH3 is 1. The molecule has 15 heavy (non-hydrogen) atoms. The van der Waals surface area contributed by atoms with Gasteiger partial charge in [-0.2, -0.15) is 0 Å². The first-order valence-electron chi connectivity index (χ1n) is 4.07. The number of halogens is 2. The van der Waals surface area contributed by atoms with Crippen molar-refractivity contribution in [2.45, 2.75) is 12.8 Å². The van der Waals surface area contributed by atoms with Gasteiger partial charge in [0.15, 0.2) is 0 Å². The summed E-state index contributed by atoms with van der Waals surface area (Å²) in [6.45, 7) is 0. The van der Waals surface area contributed by atoms with Crippen LogP contribution in [-0.4, -0.2) is 23.2 Å². The highest BCUT2D eigenvalue weighted by Gasteiger charge is 2.19. The van der Waals surface area contributed by atoms with E-state index in [1.165, 1.54) is 0 Å². The molecule has 0 radical (unpaired) electrons. The van der Waals surface area contributed by atoms with Crippen LogP contribution in [0, 0.1) is 0 Å². The number of carbonyl (C=O) groups excluding carboxylic acids is 1. The SMILES string of the molecule is COC(=O)Cc1c(O)cncc1C(F)F. The molecule has 1 aromatic rings. The number of hydrogen-bond acceptors (Lipinski definition) is 4. The predicted molar refractivity (Wildman–Crippen MR) is 46.6 cm³/mol. The molecule has 0 fully saturated rings. The first-order valence-corrected chi connectivity index (χ1v) is 4.07. The highest BCUT2D eigenvalue weighted by Crippen LogP contribution is 2.28. The molecule has 0 aliphatic carbocycles. The van der Waals surface area contributed by atoms with Gasteiger partial charge in [-0.1, -0.05) is 0 Å². The van der Waals surface area contributed by atoms with E-state index in [0.717, 1.165) is 19.5 Å². The Hall–Kier alpha value is -1.72. The van der Waals surface area contributed by atoms with Crippen LogP contribution in [0.4, 0.5) is 8.78 Å². The third-order valence-corrected chi connectivity index (χ3v) is 1.85. The fraction of sp³-hybridized carbons (Fsp3) is 0.333. The second-order valence-electron chi connectivity index (χ2n) is 2.78. The standard InChI is InChI=1S/C9H9F2NO3/c1-15-8(14)2-5-6(9(10)11)3-12-4-7(5)13/h3-4,9,13H,2H2,1H3. The van der Waals surface area contributed by atoms with Crippen LogP contribution in [0.2, 0.25) is 0 Å². The minimum atomic E-state index is -2.79. The maximum atomic E-state index is 12.5. The van der Waals surface area contributed by atoms with Gasteiger partial charge in [-0.3, -0.25) is 9.78 Å². The molecule has 0 spiro atoms. The molecule has 1 heterocycles. The number of carbonyl (C=O) groups is 1. The molecule has 0 aromatic carbocycles. The molecule has 0 unspecified atom stereocenters. The second kappa shape index (κ2) is 4.68. The number of nitrogens with zero attached hydrogens (tertiary/aromatic N) is 1. The smallest absolute Gasteiger partial charge is 0.310 e. The van der Waals surface area contributed by atoms with E-state index in [1.54, 1.807) is 0 Å². The molecule has 1 N–H and O–H groups in total. The zero-order chi connectivity index (χ0) is 11.4. The van der Waals surface area contributed by atoms with Crippen molar-refractivity contribution < 1.29 is 23.4 Å². The van der Waals surface area contributed by atoms with Gasteiger partial charge in [-0.25, -0.2) is 8.78 Å². The Morgan fingerprint density at radius 2 is 2.27 bits per heavy atom. The van der Waals surface area contributed by atoms with Crippen LogP contribution in [0.3, 0.4) is 0 Å². The summed E-state index contributed by atoms with van der Waals surface area (Å²) in [4.78, 5) is 14.3. The molecule has 0 amide bonds. The van der Waals surface area contributed by atoms with E-state index in [-0.39, 0.29) is 5.56 Å². The molecule has 0 saturated carbocycles. The summed E-state index contributed by atoms with van der Waals surface area (Å²) < 4.78 is 29.2.